The summed E-state index contributed by atoms with van der Waals surface area (Å²) in [5.74, 6) is -0.440. The van der Waals surface area contributed by atoms with Gasteiger partial charge >= 0.3 is 5.97 Å². The Balaban J connectivity index is 1.97. The number of carbonyl (C=O) groups is 2. The van der Waals surface area contributed by atoms with Crippen LogP contribution in [0.4, 0.5) is 0 Å². The first kappa shape index (κ1) is 15.2. The number of nitrogens with one attached hydrogen (secondary N) is 1. The predicted octanol–water partition coefficient (Wildman–Crippen LogP) is 3.11. The van der Waals surface area contributed by atoms with Crippen LogP contribution in [0.15, 0.2) is 30.1 Å². The second kappa shape index (κ2) is 6.20. The summed E-state index contributed by atoms with van der Waals surface area (Å²) in [5.41, 5.74) is 4.11. The average Bonchev–Trinajstić information content (AvgIpc) is 2.89. The van der Waals surface area contributed by atoms with Gasteiger partial charge in [0.05, 0.1) is 6.61 Å². The van der Waals surface area contributed by atoms with E-state index in [0.29, 0.717) is 36.3 Å². The van der Waals surface area contributed by atoms with Gasteiger partial charge in [0.2, 0.25) is 0 Å². The molecule has 2 aromatic rings. The van der Waals surface area contributed by atoms with E-state index in [-0.39, 0.29) is 5.78 Å². The first-order chi connectivity index (χ1) is 11.1. The molecular weight excluding hydrogens is 292 g/mol. The fraction of sp³-hybridized carbons (Fsp3) is 0.278. The van der Waals surface area contributed by atoms with E-state index in [9.17, 15) is 9.59 Å². The third-order valence-corrected chi connectivity index (χ3v) is 4.00. The molecule has 5 nitrogen and oxygen atoms in total. The largest absolute Gasteiger partial charge is 0.461 e. The molecule has 1 N–H and O–H groups in total. The number of rotatable bonds is 3. The number of fused-ring (bicyclic) bond motifs is 1. The van der Waals surface area contributed by atoms with Gasteiger partial charge in [-0.1, -0.05) is 6.07 Å². The Morgan fingerprint density at radius 3 is 2.96 bits per heavy atom. The quantitative estimate of drug-likeness (QED) is 0.698. The topological polar surface area (TPSA) is 72.1 Å². The molecule has 0 aromatic carbocycles. The number of Topliss-reactive ketones (excluding diaryl/α,β-unsaturated/α-hetero) is 1. The molecule has 0 amide bonds. The molecule has 3 rings (SSSR count). The van der Waals surface area contributed by atoms with Crippen molar-refractivity contribution < 1.29 is 14.3 Å². The fourth-order valence-electron chi connectivity index (χ4n) is 2.89. The minimum absolute atomic E-state index is 0.0283. The lowest BCUT2D eigenvalue weighted by atomic mass is 9.88. The summed E-state index contributed by atoms with van der Waals surface area (Å²) in [6, 6.07) is 3.75. The predicted molar refractivity (Wildman–Crippen MR) is 86.4 cm³/mol. The Hall–Kier alpha value is -2.69. The minimum atomic E-state index is -0.412. The zero-order chi connectivity index (χ0) is 16.4. The van der Waals surface area contributed by atoms with E-state index in [4.69, 9.17) is 4.74 Å². The lowest BCUT2D eigenvalue weighted by molar-refractivity contribution is 0.0519. The molecule has 0 saturated heterocycles. The number of ether oxygens (including phenoxy) is 1. The Morgan fingerprint density at radius 2 is 2.26 bits per heavy atom. The maximum atomic E-state index is 12.8. The van der Waals surface area contributed by atoms with Gasteiger partial charge in [-0.25, -0.2) is 4.79 Å². The number of esters is 1. The third kappa shape index (κ3) is 2.82. The van der Waals surface area contributed by atoms with Gasteiger partial charge in [-0.2, -0.15) is 0 Å². The first-order valence-corrected chi connectivity index (χ1v) is 7.65. The highest BCUT2D eigenvalue weighted by Crippen LogP contribution is 2.30. The Morgan fingerprint density at radius 1 is 1.43 bits per heavy atom. The molecule has 2 heterocycles. The van der Waals surface area contributed by atoms with E-state index in [1.54, 1.807) is 26.2 Å². The van der Waals surface area contributed by atoms with Crippen LogP contribution in [0.2, 0.25) is 0 Å². The number of aryl methyl sites for hydroxylation is 1. The summed E-state index contributed by atoms with van der Waals surface area (Å²) in [7, 11) is 0. The molecule has 0 radical (unpaired) electrons. The Bertz CT molecular complexity index is 788. The van der Waals surface area contributed by atoms with Crippen molar-refractivity contribution in [2.45, 2.75) is 26.7 Å². The highest BCUT2D eigenvalue weighted by Gasteiger charge is 2.29. The van der Waals surface area contributed by atoms with Crippen LogP contribution in [0.25, 0.3) is 6.08 Å². The highest BCUT2D eigenvalue weighted by atomic mass is 16.5. The van der Waals surface area contributed by atoms with Crippen LogP contribution in [0.3, 0.4) is 0 Å². The molecule has 0 aliphatic heterocycles. The van der Waals surface area contributed by atoms with Crippen molar-refractivity contribution in [2.24, 2.45) is 0 Å². The van der Waals surface area contributed by atoms with Gasteiger partial charge in [-0.05, 0) is 50.0 Å². The number of ketones is 1. The second-order valence-electron chi connectivity index (χ2n) is 5.48. The van der Waals surface area contributed by atoms with Crippen molar-refractivity contribution in [3.05, 3.63) is 58.2 Å². The Kier molecular flexibility index (Phi) is 4.10. The van der Waals surface area contributed by atoms with Crippen molar-refractivity contribution in [2.75, 3.05) is 6.61 Å². The van der Waals surface area contributed by atoms with Crippen LogP contribution >= 0.6 is 0 Å². The summed E-state index contributed by atoms with van der Waals surface area (Å²) >= 11 is 0. The van der Waals surface area contributed by atoms with Crippen molar-refractivity contribution >= 4 is 17.8 Å². The number of carbonyl (C=O) groups excluding carboxylic acids is 2. The van der Waals surface area contributed by atoms with E-state index in [0.717, 1.165) is 16.8 Å². The van der Waals surface area contributed by atoms with Crippen LogP contribution in [-0.4, -0.2) is 28.3 Å². The van der Waals surface area contributed by atoms with Gasteiger partial charge in [-0.3, -0.25) is 9.78 Å². The molecule has 118 valence electrons. The van der Waals surface area contributed by atoms with Crippen LogP contribution in [-0.2, 0) is 11.2 Å². The third-order valence-electron chi connectivity index (χ3n) is 4.00. The van der Waals surface area contributed by atoms with Gasteiger partial charge in [-0.15, -0.1) is 0 Å². The molecule has 1 aliphatic rings. The number of aromatic amines is 1. The van der Waals surface area contributed by atoms with E-state index in [2.05, 4.69) is 9.97 Å². The summed E-state index contributed by atoms with van der Waals surface area (Å²) in [5, 5.41) is 0. The summed E-state index contributed by atoms with van der Waals surface area (Å²) in [4.78, 5) is 31.9. The minimum Gasteiger partial charge on any atom is -0.461 e. The molecule has 0 atom stereocenters. The zero-order valence-electron chi connectivity index (χ0n) is 13.2. The number of nitrogens with zero attached hydrogens (tertiary/aromatic N) is 1. The van der Waals surface area contributed by atoms with Gasteiger partial charge < -0.3 is 9.72 Å². The lowest BCUT2D eigenvalue weighted by Crippen LogP contribution is -2.14. The van der Waals surface area contributed by atoms with Crippen LogP contribution in [0, 0.1) is 6.92 Å². The van der Waals surface area contributed by atoms with Crippen LogP contribution in [0.1, 0.15) is 51.0 Å². The number of hydrogen-bond acceptors (Lipinski definition) is 4. The van der Waals surface area contributed by atoms with Crippen molar-refractivity contribution in [3.8, 4) is 0 Å². The number of hydrogen-bond donors (Lipinski definition) is 1. The zero-order valence-corrected chi connectivity index (χ0v) is 13.2. The molecule has 0 saturated carbocycles. The van der Waals surface area contributed by atoms with E-state index in [1.807, 2.05) is 18.2 Å². The molecule has 0 bridgehead atoms. The fourth-order valence-corrected chi connectivity index (χ4v) is 2.89. The molecule has 1 aliphatic carbocycles. The molecule has 2 aromatic heterocycles. The van der Waals surface area contributed by atoms with Gasteiger partial charge in [0.1, 0.15) is 5.69 Å². The van der Waals surface area contributed by atoms with Crippen LogP contribution in [0.5, 0.6) is 0 Å². The molecule has 23 heavy (non-hydrogen) atoms. The van der Waals surface area contributed by atoms with E-state index in [1.165, 1.54) is 0 Å². The SMILES string of the molecule is CCOC(=O)c1[nH]c2c(c1C)C(=O)C(=Cc1cccnc1)CC2. The maximum Gasteiger partial charge on any atom is 0.355 e. The number of pyridine rings is 1. The van der Waals surface area contributed by atoms with Crippen molar-refractivity contribution in [1.29, 1.82) is 0 Å². The summed E-state index contributed by atoms with van der Waals surface area (Å²) < 4.78 is 5.04. The van der Waals surface area contributed by atoms with Gasteiger partial charge in [0, 0.05) is 29.2 Å². The number of aromatic nitrogens is 2. The number of H-pyrrole nitrogens is 1. The standard InChI is InChI=1S/C18H18N2O3/c1-3-23-18(22)16-11(2)15-14(20-16)7-6-13(17(15)21)9-12-5-4-8-19-10-12/h4-5,8-10,20H,3,6-7H2,1-2H3. The van der Waals surface area contributed by atoms with Crippen molar-refractivity contribution in [1.82, 2.24) is 9.97 Å². The first-order valence-electron chi connectivity index (χ1n) is 7.65. The Labute approximate surface area is 134 Å². The molecule has 0 spiro atoms. The normalized spacial score (nSPS) is 15.6. The van der Waals surface area contributed by atoms with E-state index < -0.39 is 5.97 Å². The average molecular weight is 310 g/mol. The smallest absolute Gasteiger partial charge is 0.355 e. The maximum absolute atomic E-state index is 12.8. The van der Waals surface area contributed by atoms with Crippen molar-refractivity contribution in [3.63, 3.8) is 0 Å². The molecular formula is C18H18N2O3. The van der Waals surface area contributed by atoms with E-state index >= 15 is 0 Å². The van der Waals surface area contributed by atoms with Crippen LogP contribution < -0.4 is 0 Å². The number of allylic oxidation sites excluding steroid dienone is 1. The summed E-state index contributed by atoms with van der Waals surface area (Å²) in [6.07, 6.45) is 6.64. The monoisotopic (exact) mass is 310 g/mol. The molecule has 5 heteroatoms. The lowest BCUT2D eigenvalue weighted by Gasteiger charge is -2.14. The highest BCUT2D eigenvalue weighted by molar-refractivity contribution is 6.15. The van der Waals surface area contributed by atoms with Gasteiger partial charge in [0.25, 0.3) is 0 Å². The second-order valence-corrected chi connectivity index (χ2v) is 5.48. The molecule has 0 fully saturated rings. The molecule has 0 unspecified atom stereocenters. The van der Waals surface area contributed by atoms with Gasteiger partial charge in [0.15, 0.2) is 5.78 Å². The summed E-state index contributed by atoms with van der Waals surface area (Å²) in [6.45, 7) is 3.85.